The third kappa shape index (κ3) is 11.3. The Balaban J connectivity index is -0.0000000836. The zero-order valence-corrected chi connectivity index (χ0v) is 8.83. The minimum atomic E-state index is 0. The molecule has 9 heavy (non-hydrogen) atoms. The second-order valence-corrected chi connectivity index (χ2v) is 0.962. The fourth-order valence-electron chi connectivity index (χ4n) is 0.321. The molecule has 0 bridgehead atoms. The van der Waals surface area contributed by atoms with Crippen LogP contribution in [0.2, 0.25) is 0 Å². The maximum absolute atomic E-state index is 7.25. The van der Waals surface area contributed by atoms with Crippen LogP contribution in [0.4, 0.5) is 0 Å². The first kappa shape index (κ1) is 15.9. The number of nitrogens with zero attached hydrogens (tertiary/aromatic N) is 1. The van der Waals surface area contributed by atoms with Gasteiger partial charge in [-0.3, -0.25) is 0 Å². The Labute approximate surface area is 69.7 Å². The van der Waals surface area contributed by atoms with Crippen molar-refractivity contribution in [1.82, 2.24) is 0 Å². The Morgan fingerprint density at radius 3 is 1.56 bits per heavy atom. The van der Waals surface area contributed by atoms with Gasteiger partial charge in [-0.25, -0.2) is 12.1 Å². The van der Waals surface area contributed by atoms with Crippen molar-refractivity contribution in [1.29, 1.82) is 0 Å². The van der Waals surface area contributed by atoms with Crippen molar-refractivity contribution < 1.29 is 21.1 Å². The Hall–Kier alpha value is -0.362. The van der Waals surface area contributed by atoms with Crippen molar-refractivity contribution in [3.05, 3.63) is 48.3 Å². The molecule has 0 unspecified atom stereocenters. The number of hydrogen-bond donors (Lipinski definition) is 0. The van der Waals surface area contributed by atoms with Crippen LogP contribution in [-0.4, -0.2) is 0 Å². The zero-order valence-electron chi connectivity index (χ0n) is 5.24. The summed E-state index contributed by atoms with van der Waals surface area (Å²) in [6.07, 6.45) is 0. The second-order valence-electron chi connectivity index (χ2n) is 0.962. The van der Waals surface area contributed by atoms with Gasteiger partial charge in [0.25, 0.3) is 0 Å². The van der Waals surface area contributed by atoms with Gasteiger partial charge in [0.05, 0.1) is 0 Å². The van der Waals surface area contributed by atoms with Crippen molar-refractivity contribution in [3.63, 3.8) is 0 Å². The summed E-state index contributed by atoms with van der Waals surface area (Å²) < 4.78 is 0. The molecule has 1 aromatic rings. The zero-order chi connectivity index (χ0) is 5.54. The molecule has 2 nitrogen and oxygen atoms in total. The number of rotatable bonds is 0. The van der Waals surface area contributed by atoms with Crippen LogP contribution >= 0.6 is 0 Å². The molecule has 0 aliphatic rings. The molecule has 0 atom stereocenters. The summed E-state index contributed by atoms with van der Waals surface area (Å²) in [5.41, 5.74) is 5.75. The van der Waals surface area contributed by atoms with E-state index < -0.39 is 0 Å². The Bertz CT molecular complexity index is 80.0. The van der Waals surface area contributed by atoms with E-state index in [-0.39, 0.29) is 28.5 Å². The van der Waals surface area contributed by atoms with Crippen molar-refractivity contribution in [2.75, 3.05) is 0 Å². The van der Waals surface area contributed by atoms with E-state index in [1.54, 1.807) is 0 Å². The van der Waals surface area contributed by atoms with Gasteiger partial charge in [0, 0.05) is 0 Å². The molecular weight excluding hydrogens is 286 g/mol. The van der Waals surface area contributed by atoms with Gasteiger partial charge in [0.15, 0.2) is 0 Å². The van der Waals surface area contributed by atoms with E-state index in [2.05, 4.69) is 0 Å². The van der Waals surface area contributed by atoms with Gasteiger partial charge in [-0.05, 0) is 0 Å². The van der Waals surface area contributed by atoms with Crippen molar-refractivity contribution in [2.45, 2.75) is 0 Å². The minimum absolute atomic E-state index is 0. The molecule has 54 valence electrons. The fourth-order valence-corrected chi connectivity index (χ4v) is 0.321. The number of hydrogen-bond acceptors (Lipinski definition) is 1. The van der Waals surface area contributed by atoms with Gasteiger partial charge in [-0.2, -0.15) is 18.2 Å². The Morgan fingerprint density at radius 2 is 1.44 bits per heavy atom. The monoisotopic (exact) mass is 296 g/mol. The molecule has 0 aromatic heterocycles. The van der Waals surface area contributed by atoms with Crippen molar-refractivity contribution >= 4 is 0 Å². The SMILES string of the molecule is [CH3-].[N-]=O.[WH2].c1cc[cH-]c1. The molecule has 0 heterocycles. The van der Waals surface area contributed by atoms with Gasteiger partial charge in [-0.1, -0.05) is 0 Å². The van der Waals surface area contributed by atoms with E-state index >= 15 is 0 Å². The van der Waals surface area contributed by atoms with Crippen LogP contribution in [0.5, 0.6) is 0 Å². The topological polar surface area (TPSA) is 39.4 Å². The van der Waals surface area contributed by atoms with E-state index in [1.807, 2.05) is 30.3 Å². The third-order valence-electron chi connectivity index (χ3n) is 0.556. The summed E-state index contributed by atoms with van der Waals surface area (Å²) in [7, 11) is 0. The maximum Gasteiger partial charge on any atom is -0.172 e. The molecule has 0 fully saturated rings. The van der Waals surface area contributed by atoms with Crippen LogP contribution in [0.15, 0.2) is 30.3 Å². The van der Waals surface area contributed by atoms with Gasteiger partial charge >= 0.3 is 21.1 Å². The summed E-state index contributed by atoms with van der Waals surface area (Å²) in [5.74, 6) is 0. The van der Waals surface area contributed by atoms with Crippen LogP contribution in [0, 0.1) is 12.3 Å². The first-order chi connectivity index (χ1) is 3.50. The molecule has 0 amide bonds. The van der Waals surface area contributed by atoms with E-state index in [0.717, 1.165) is 0 Å². The van der Waals surface area contributed by atoms with Gasteiger partial charge in [-0.15, -0.1) is 0 Å². The van der Waals surface area contributed by atoms with E-state index in [0.29, 0.717) is 0 Å². The Morgan fingerprint density at radius 1 is 1.11 bits per heavy atom. The summed E-state index contributed by atoms with van der Waals surface area (Å²) in [5, 5.41) is 0. The predicted octanol–water partition coefficient (Wildman–Crippen LogP) is 1.64. The van der Waals surface area contributed by atoms with E-state index in [4.69, 9.17) is 10.5 Å². The summed E-state index contributed by atoms with van der Waals surface area (Å²) in [6.45, 7) is 0. The van der Waals surface area contributed by atoms with E-state index in [9.17, 15) is 0 Å². The standard InChI is InChI=1S/C5H5.CH3.NO.W.2H/c1-2-4-5-3-1;;1-2;;;/h1-5H;1H3;;;;/q3*-1;;;. The quantitative estimate of drug-likeness (QED) is 0.671. The third-order valence-corrected chi connectivity index (χ3v) is 0.556. The molecule has 0 spiro atoms. The molecule has 1 aromatic carbocycles. The van der Waals surface area contributed by atoms with Crippen LogP contribution in [0.1, 0.15) is 0 Å². The molecule has 1 rings (SSSR count). The smallest absolute Gasteiger partial charge is 0.172 e. The molecule has 0 aliphatic heterocycles. The summed E-state index contributed by atoms with van der Waals surface area (Å²) >= 11 is 0. The molecule has 0 saturated heterocycles. The van der Waals surface area contributed by atoms with Crippen LogP contribution < -0.4 is 0 Å². The first-order valence-electron chi connectivity index (χ1n) is 1.85. The molecular formula is C6H10NOW-3. The molecule has 0 aliphatic carbocycles. The average Bonchev–Trinajstić information content (AvgIpc) is 2.23. The molecule has 0 radical (unpaired) electrons. The maximum atomic E-state index is 7.25. The summed E-state index contributed by atoms with van der Waals surface area (Å²) in [6, 6.07) is 10.0. The molecule has 0 N–H and O–H groups in total. The molecule has 3 heteroatoms. The van der Waals surface area contributed by atoms with Gasteiger partial charge in [0.2, 0.25) is 0 Å². The first-order valence-corrected chi connectivity index (χ1v) is 1.85. The largest absolute Gasteiger partial charge is 0.214 e. The minimum Gasteiger partial charge on any atom is -0.214 e. The second kappa shape index (κ2) is 15.6. The molecule has 0 saturated carbocycles. The number of nitroso groups, excluding NO2 is 1. The fraction of sp³-hybridized carbons (Fsp3) is 0. The van der Waals surface area contributed by atoms with E-state index in [1.165, 1.54) is 0 Å². The average molecular weight is 296 g/mol. The van der Waals surface area contributed by atoms with Crippen LogP contribution in [0.3, 0.4) is 0 Å². The summed E-state index contributed by atoms with van der Waals surface area (Å²) in [4.78, 5) is 7.25. The van der Waals surface area contributed by atoms with Crippen molar-refractivity contribution in [2.24, 2.45) is 0 Å². The van der Waals surface area contributed by atoms with Crippen LogP contribution in [-0.2, 0) is 21.1 Å². The van der Waals surface area contributed by atoms with Gasteiger partial charge in [0.1, 0.15) is 0 Å². The van der Waals surface area contributed by atoms with Gasteiger partial charge < -0.3 is 17.9 Å². The Kier molecular flexibility index (Phi) is 27.6. The normalized spacial score (nSPS) is 4.89. The van der Waals surface area contributed by atoms with Crippen LogP contribution in [0.25, 0.3) is 5.59 Å². The van der Waals surface area contributed by atoms with Crippen molar-refractivity contribution in [3.8, 4) is 0 Å². The predicted molar refractivity (Wildman–Crippen MR) is 38.0 cm³/mol.